The molecule has 2 aromatic rings. The maximum Gasteiger partial charge on any atom is 0.125 e. The summed E-state index contributed by atoms with van der Waals surface area (Å²) in [6.07, 6.45) is 0. The number of anilines is 1. The maximum absolute atomic E-state index is 6.13. The van der Waals surface area contributed by atoms with E-state index in [0.29, 0.717) is 5.92 Å². The van der Waals surface area contributed by atoms with Crippen molar-refractivity contribution in [3.63, 3.8) is 0 Å². The number of aryl methyl sites for hydroxylation is 1. The summed E-state index contributed by atoms with van der Waals surface area (Å²) in [5.41, 5.74) is 8.01. The van der Waals surface area contributed by atoms with E-state index in [1.165, 1.54) is 0 Å². The number of hydrogen-bond acceptors (Lipinski definition) is 3. The Morgan fingerprint density at radius 1 is 1.50 bits per heavy atom. The van der Waals surface area contributed by atoms with E-state index in [0.717, 1.165) is 27.0 Å². The zero-order valence-electron chi connectivity index (χ0n) is 9.49. The standard InChI is InChI=1S/C11H14ClN3S/c1-6(2)8-9(14-15(3)11(8)13)10-7(12)4-5-16-10/h4-6H,13H2,1-3H3. The van der Waals surface area contributed by atoms with Crippen molar-refractivity contribution < 1.29 is 0 Å². The zero-order valence-corrected chi connectivity index (χ0v) is 11.1. The average molecular weight is 256 g/mol. The fourth-order valence-electron chi connectivity index (χ4n) is 1.75. The summed E-state index contributed by atoms with van der Waals surface area (Å²) < 4.78 is 1.71. The highest BCUT2D eigenvalue weighted by molar-refractivity contribution is 7.14. The van der Waals surface area contributed by atoms with Gasteiger partial charge in [0.25, 0.3) is 0 Å². The number of aromatic nitrogens is 2. The zero-order chi connectivity index (χ0) is 11.9. The second-order valence-electron chi connectivity index (χ2n) is 4.02. The van der Waals surface area contributed by atoms with Gasteiger partial charge in [-0.1, -0.05) is 25.4 Å². The van der Waals surface area contributed by atoms with E-state index in [-0.39, 0.29) is 0 Å². The molecule has 86 valence electrons. The largest absolute Gasteiger partial charge is 0.384 e. The first-order chi connectivity index (χ1) is 7.52. The second-order valence-corrected chi connectivity index (χ2v) is 5.35. The lowest BCUT2D eigenvalue weighted by Crippen LogP contribution is -2.00. The topological polar surface area (TPSA) is 43.8 Å². The molecule has 3 nitrogen and oxygen atoms in total. The van der Waals surface area contributed by atoms with Crippen LogP contribution in [0.4, 0.5) is 5.82 Å². The van der Waals surface area contributed by atoms with Gasteiger partial charge in [-0.3, -0.25) is 4.68 Å². The third-order valence-corrected chi connectivity index (χ3v) is 3.89. The van der Waals surface area contributed by atoms with E-state index >= 15 is 0 Å². The smallest absolute Gasteiger partial charge is 0.125 e. The molecule has 0 aliphatic rings. The van der Waals surface area contributed by atoms with E-state index < -0.39 is 0 Å². The van der Waals surface area contributed by atoms with Gasteiger partial charge >= 0.3 is 0 Å². The third-order valence-electron chi connectivity index (χ3n) is 2.54. The van der Waals surface area contributed by atoms with Gasteiger partial charge in [0.05, 0.1) is 9.90 Å². The van der Waals surface area contributed by atoms with E-state index in [1.807, 2.05) is 18.5 Å². The molecule has 2 N–H and O–H groups in total. The van der Waals surface area contributed by atoms with Crippen LogP contribution in [0.1, 0.15) is 25.3 Å². The predicted octanol–water partition coefficient (Wildman–Crippen LogP) is 3.51. The number of nitrogens with two attached hydrogens (primary N) is 1. The molecule has 0 spiro atoms. The van der Waals surface area contributed by atoms with Gasteiger partial charge in [-0.05, 0) is 17.4 Å². The summed E-state index contributed by atoms with van der Waals surface area (Å²) in [5, 5.41) is 7.16. The minimum atomic E-state index is 0.335. The van der Waals surface area contributed by atoms with Crippen LogP contribution in [0, 0.1) is 0 Å². The first kappa shape index (κ1) is 11.5. The molecule has 0 fully saturated rings. The average Bonchev–Trinajstić information content (AvgIpc) is 2.72. The number of nitrogen functional groups attached to an aromatic ring is 1. The minimum absolute atomic E-state index is 0.335. The van der Waals surface area contributed by atoms with Gasteiger partial charge in [0.15, 0.2) is 0 Å². The lowest BCUT2D eigenvalue weighted by molar-refractivity contribution is 0.780. The number of nitrogens with zero attached hydrogens (tertiary/aromatic N) is 2. The molecule has 2 aromatic heterocycles. The highest BCUT2D eigenvalue weighted by Gasteiger charge is 2.20. The van der Waals surface area contributed by atoms with Crippen LogP contribution in [0.25, 0.3) is 10.6 Å². The van der Waals surface area contributed by atoms with Crippen molar-refractivity contribution in [3.05, 3.63) is 22.0 Å². The van der Waals surface area contributed by atoms with Crippen LogP contribution in [0.3, 0.4) is 0 Å². The summed E-state index contributed by atoms with van der Waals surface area (Å²) in [5.74, 6) is 1.05. The van der Waals surface area contributed by atoms with Gasteiger partial charge in [0.2, 0.25) is 0 Å². The summed E-state index contributed by atoms with van der Waals surface area (Å²) in [6, 6.07) is 1.89. The molecule has 0 unspecified atom stereocenters. The highest BCUT2D eigenvalue weighted by Crippen LogP contribution is 2.39. The molecule has 5 heteroatoms. The molecule has 2 heterocycles. The Labute approximate surface area is 104 Å². The molecule has 0 aliphatic heterocycles. The van der Waals surface area contributed by atoms with Crippen molar-refractivity contribution in [2.45, 2.75) is 19.8 Å². The first-order valence-electron chi connectivity index (χ1n) is 5.08. The molecule has 0 aromatic carbocycles. The lowest BCUT2D eigenvalue weighted by Gasteiger charge is -2.06. The third kappa shape index (κ3) is 1.72. The fraction of sp³-hybridized carbons (Fsp3) is 0.364. The van der Waals surface area contributed by atoms with Crippen LogP contribution >= 0.6 is 22.9 Å². The van der Waals surface area contributed by atoms with Crippen molar-refractivity contribution in [3.8, 4) is 10.6 Å². The Morgan fingerprint density at radius 3 is 2.69 bits per heavy atom. The Balaban J connectivity index is 2.66. The summed E-state index contributed by atoms with van der Waals surface area (Å²) in [7, 11) is 1.85. The molecule has 0 amide bonds. The van der Waals surface area contributed by atoms with Crippen molar-refractivity contribution in [2.75, 3.05) is 5.73 Å². The van der Waals surface area contributed by atoms with E-state index in [1.54, 1.807) is 16.0 Å². The van der Waals surface area contributed by atoms with Gasteiger partial charge < -0.3 is 5.73 Å². The minimum Gasteiger partial charge on any atom is -0.384 e. The lowest BCUT2D eigenvalue weighted by atomic mass is 10.0. The first-order valence-corrected chi connectivity index (χ1v) is 6.33. The Kier molecular flexibility index (Phi) is 2.95. The van der Waals surface area contributed by atoms with Gasteiger partial charge in [-0.2, -0.15) is 5.10 Å². The number of rotatable bonds is 2. The highest BCUT2D eigenvalue weighted by atomic mass is 35.5. The van der Waals surface area contributed by atoms with E-state index in [9.17, 15) is 0 Å². The van der Waals surface area contributed by atoms with Gasteiger partial charge in [-0.15, -0.1) is 11.3 Å². The number of thiophene rings is 1. The predicted molar refractivity (Wildman–Crippen MR) is 70.0 cm³/mol. The van der Waals surface area contributed by atoms with E-state index in [2.05, 4.69) is 18.9 Å². The van der Waals surface area contributed by atoms with Crippen LogP contribution < -0.4 is 5.73 Å². The molecule has 0 atom stereocenters. The number of hydrogen-bond donors (Lipinski definition) is 1. The Morgan fingerprint density at radius 2 is 2.19 bits per heavy atom. The van der Waals surface area contributed by atoms with Gasteiger partial charge in [0, 0.05) is 12.6 Å². The van der Waals surface area contributed by atoms with Crippen LogP contribution in [0.2, 0.25) is 5.02 Å². The molecule has 0 aliphatic carbocycles. The quantitative estimate of drug-likeness (QED) is 0.893. The molecular formula is C11H14ClN3S. The number of halogens is 1. The molecular weight excluding hydrogens is 242 g/mol. The monoisotopic (exact) mass is 255 g/mol. The SMILES string of the molecule is CC(C)c1c(-c2sccc2Cl)nn(C)c1N. The van der Waals surface area contributed by atoms with Crippen molar-refractivity contribution in [1.82, 2.24) is 9.78 Å². The van der Waals surface area contributed by atoms with E-state index in [4.69, 9.17) is 17.3 Å². The normalized spacial score (nSPS) is 11.3. The van der Waals surface area contributed by atoms with Crippen molar-refractivity contribution in [2.24, 2.45) is 7.05 Å². The van der Waals surface area contributed by atoms with Crippen molar-refractivity contribution >= 4 is 28.8 Å². The maximum atomic E-state index is 6.13. The van der Waals surface area contributed by atoms with Gasteiger partial charge in [0.1, 0.15) is 11.5 Å². The molecule has 0 saturated heterocycles. The molecule has 16 heavy (non-hydrogen) atoms. The van der Waals surface area contributed by atoms with Crippen LogP contribution in [-0.4, -0.2) is 9.78 Å². The molecule has 2 rings (SSSR count). The fourth-order valence-corrected chi connectivity index (χ4v) is 2.90. The molecule has 0 saturated carbocycles. The summed E-state index contributed by atoms with van der Waals surface area (Å²) in [6.45, 7) is 4.22. The second kappa shape index (κ2) is 4.11. The van der Waals surface area contributed by atoms with Crippen LogP contribution in [0.15, 0.2) is 11.4 Å². The Bertz CT molecular complexity index is 513. The molecule has 0 bridgehead atoms. The molecule has 0 radical (unpaired) electrons. The van der Waals surface area contributed by atoms with Crippen LogP contribution in [-0.2, 0) is 7.05 Å². The Hall–Kier alpha value is -1.00. The van der Waals surface area contributed by atoms with Gasteiger partial charge in [-0.25, -0.2) is 0 Å². The summed E-state index contributed by atoms with van der Waals surface area (Å²) in [4.78, 5) is 0.998. The van der Waals surface area contributed by atoms with Crippen LogP contribution in [0.5, 0.6) is 0 Å². The summed E-state index contributed by atoms with van der Waals surface area (Å²) >= 11 is 7.73. The van der Waals surface area contributed by atoms with Crippen molar-refractivity contribution in [1.29, 1.82) is 0 Å².